The van der Waals surface area contributed by atoms with E-state index >= 15 is 0 Å². The number of amides is 1. The van der Waals surface area contributed by atoms with E-state index in [2.05, 4.69) is 31.3 Å². The van der Waals surface area contributed by atoms with Crippen molar-refractivity contribution in [3.8, 4) is 11.8 Å². The van der Waals surface area contributed by atoms with Gasteiger partial charge in [-0.25, -0.2) is 5.43 Å². The third-order valence-electron chi connectivity index (χ3n) is 6.25. The van der Waals surface area contributed by atoms with Crippen LogP contribution in [0.4, 0.5) is 0 Å². The Balaban J connectivity index is 1.59. The number of hydrogen-bond acceptors (Lipinski definition) is 4. The Morgan fingerprint density at radius 3 is 2.80 bits per heavy atom. The molecule has 2 aliphatic carbocycles. The van der Waals surface area contributed by atoms with Crippen molar-refractivity contribution in [1.29, 1.82) is 5.26 Å². The zero-order chi connectivity index (χ0) is 18.2. The molecule has 2 fully saturated rings. The van der Waals surface area contributed by atoms with E-state index in [9.17, 15) is 4.79 Å². The Bertz CT molecular complexity index is 781. The van der Waals surface area contributed by atoms with E-state index in [1.807, 2.05) is 6.07 Å². The Morgan fingerprint density at radius 2 is 2.24 bits per heavy atom. The van der Waals surface area contributed by atoms with Crippen LogP contribution in [0.25, 0.3) is 0 Å². The van der Waals surface area contributed by atoms with E-state index in [0.717, 1.165) is 18.6 Å². The summed E-state index contributed by atoms with van der Waals surface area (Å²) < 4.78 is 5.42. The molecule has 2 saturated carbocycles. The van der Waals surface area contributed by atoms with Crippen LogP contribution in [0.1, 0.15) is 45.6 Å². The van der Waals surface area contributed by atoms with E-state index in [0.29, 0.717) is 22.3 Å². The van der Waals surface area contributed by atoms with Gasteiger partial charge in [-0.2, -0.15) is 10.4 Å². The van der Waals surface area contributed by atoms with Crippen molar-refractivity contribution in [2.75, 3.05) is 6.61 Å². The van der Waals surface area contributed by atoms with Gasteiger partial charge in [-0.15, -0.1) is 0 Å². The summed E-state index contributed by atoms with van der Waals surface area (Å²) >= 11 is 6.03. The van der Waals surface area contributed by atoms with Crippen molar-refractivity contribution < 1.29 is 9.53 Å². The smallest absolute Gasteiger partial charge is 0.277 e. The monoisotopic (exact) mass is 359 g/mol. The molecule has 2 atom stereocenters. The van der Waals surface area contributed by atoms with Gasteiger partial charge < -0.3 is 4.74 Å². The lowest BCUT2D eigenvalue weighted by molar-refractivity contribution is -0.123. The number of hydrazone groups is 1. The van der Waals surface area contributed by atoms with Gasteiger partial charge in [0.15, 0.2) is 6.61 Å². The van der Waals surface area contributed by atoms with Crippen molar-refractivity contribution in [3.63, 3.8) is 0 Å². The average Bonchev–Trinajstić information content (AvgIpc) is 2.91. The van der Waals surface area contributed by atoms with Gasteiger partial charge in [0.05, 0.1) is 16.7 Å². The fourth-order valence-electron chi connectivity index (χ4n) is 4.09. The molecule has 0 aromatic heterocycles. The fourth-order valence-corrected chi connectivity index (χ4v) is 4.33. The maximum atomic E-state index is 12.0. The molecular formula is C19H22ClN3O2. The van der Waals surface area contributed by atoms with Crippen molar-refractivity contribution >= 4 is 23.2 Å². The molecule has 1 aromatic carbocycles. The Labute approximate surface area is 153 Å². The SMILES string of the molecule is CC12CCC(C/C1=N\NC(=O)COc1ccc(C#N)cc1Cl)C2(C)C. The van der Waals surface area contributed by atoms with Gasteiger partial charge in [-0.3, -0.25) is 4.79 Å². The molecule has 1 amide bonds. The second-order valence-electron chi connectivity index (χ2n) is 7.63. The van der Waals surface area contributed by atoms with Crippen LogP contribution in [-0.4, -0.2) is 18.2 Å². The number of ether oxygens (including phenoxy) is 1. The third-order valence-corrected chi connectivity index (χ3v) is 6.54. The molecule has 132 valence electrons. The fraction of sp³-hybridized carbons (Fsp3) is 0.526. The maximum absolute atomic E-state index is 12.0. The summed E-state index contributed by atoms with van der Waals surface area (Å²) in [6.45, 7) is 6.67. The number of benzene rings is 1. The maximum Gasteiger partial charge on any atom is 0.277 e. The molecule has 0 saturated heterocycles. The van der Waals surface area contributed by atoms with Crippen molar-refractivity contribution in [2.45, 2.75) is 40.0 Å². The topological polar surface area (TPSA) is 74.5 Å². The molecule has 0 radical (unpaired) electrons. The first-order valence-corrected chi connectivity index (χ1v) is 8.84. The molecule has 6 heteroatoms. The molecule has 25 heavy (non-hydrogen) atoms. The summed E-state index contributed by atoms with van der Waals surface area (Å²) in [7, 11) is 0. The molecule has 2 aliphatic rings. The molecular weight excluding hydrogens is 338 g/mol. The van der Waals surface area contributed by atoms with E-state index < -0.39 is 0 Å². The number of rotatable bonds is 4. The molecule has 1 N–H and O–H groups in total. The lowest BCUT2D eigenvalue weighted by Crippen LogP contribution is -2.35. The first-order chi connectivity index (χ1) is 11.8. The van der Waals surface area contributed by atoms with Crippen LogP contribution in [0.15, 0.2) is 23.3 Å². The van der Waals surface area contributed by atoms with Crippen LogP contribution >= 0.6 is 11.6 Å². The molecule has 0 heterocycles. The second kappa shape index (κ2) is 6.34. The van der Waals surface area contributed by atoms with Crippen molar-refractivity contribution in [3.05, 3.63) is 28.8 Å². The molecule has 1 aromatic rings. The van der Waals surface area contributed by atoms with Crippen molar-refractivity contribution in [2.24, 2.45) is 21.8 Å². The largest absolute Gasteiger partial charge is 0.482 e. The number of hydrogen-bond donors (Lipinski definition) is 1. The van der Waals surface area contributed by atoms with Gasteiger partial charge in [0.1, 0.15) is 5.75 Å². The molecule has 2 unspecified atom stereocenters. The molecule has 3 rings (SSSR count). The first kappa shape index (κ1) is 17.8. The minimum atomic E-state index is -0.322. The first-order valence-electron chi connectivity index (χ1n) is 8.46. The lowest BCUT2D eigenvalue weighted by atomic mass is 9.70. The predicted molar refractivity (Wildman–Crippen MR) is 96.5 cm³/mol. The van der Waals surface area contributed by atoms with Gasteiger partial charge in [0.2, 0.25) is 0 Å². The normalized spacial score (nSPS) is 28.0. The zero-order valence-corrected chi connectivity index (χ0v) is 15.5. The molecule has 0 spiro atoms. The molecule has 5 nitrogen and oxygen atoms in total. The highest BCUT2D eigenvalue weighted by atomic mass is 35.5. The highest BCUT2D eigenvalue weighted by Crippen LogP contribution is 2.63. The van der Waals surface area contributed by atoms with E-state index in [4.69, 9.17) is 21.6 Å². The highest BCUT2D eigenvalue weighted by Gasteiger charge is 2.59. The zero-order valence-electron chi connectivity index (χ0n) is 14.7. The number of nitrogens with one attached hydrogen (secondary N) is 1. The summed E-state index contributed by atoms with van der Waals surface area (Å²) in [6.07, 6.45) is 3.31. The molecule has 0 aliphatic heterocycles. The van der Waals surface area contributed by atoms with Crippen LogP contribution in [0, 0.1) is 28.1 Å². The summed E-state index contributed by atoms with van der Waals surface area (Å²) in [4.78, 5) is 12.0. The van der Waals surface area contributed by atoms with Crippen LogP contribution in [-0.2, 0) is 4.79 Å². The molecule has 2 bridgehead atoms. The number of nitriles is 1. The predicted octanol–water partition coefficient (Wildman–Crippen LogP) is 3.91. The number of fused-ring (bicyclic) bond motifs is 2. The van der Waals surface area contributed by atoms with E-state index in [-0.39, 0.29) is 23.3 Å². The number of carbonyl (C=O) groups excluding carboxylic acids is 1. The highest BCUT2D eigenvalue weighted by molar-refractivity contribution is 6.32. The Hall–Kier alpha value is -2.06. The Morgan fingerprint density at radius 1 is 1.48 bits per heavy atom. The van der Waals surface area contributed by atoms with Gasteiger partial charge in [0, 0.05) is 11.1 Å². The summed E-state index contributed by atoms with van der Waals surface area (Å²) in [6, 6.07) is 6.68. The van der Waals surface area contributed by atoms with Gasteiger partial charge in [-0.05, 0) is 48.8 Å². The average molecular weight is 360 g/mol. The van der Waals surface area contributed by atoms with Gasteiger partial charge in [0.25, 0.3) is 5.91 Å². The number of nitrogens with zero attached hydrogens (tertiary/aromatic N) is 2. The summed E-state index contributed by atoms with van der Waals surface area (Å²) in [5.41, 5.74) is 4.42. The second-order valence-corrected chi connectivity index (χ2v) is 8.04. The van der Waals surface area contributed by atoms with Gasteiger partial charge in [-0.1, -0.05) is 32.4 Å². The van der Waals surface area contributed by atoms with Gasteiger partial charge >= 0.3 is 0 Å². The Kier molecular flexibility index (Phi) is 4.51. The lowest BCUT2D eigenvalue weighted by Gasteiger charge is -2.34. The number of carbonyl (C=O) groups is 1. The van der Waals surface area contributed by atoms with E-state index in [1.165, 1.54) is 12.5 Å². The minimum Gasteiger partial charge on any atom is -0.482 e. The standard InChI is InChI=1S/C19H22ClN3O2/c1-18(2)13-6-7-19(18,3)16(9-13)22-23-17(24)11-25-15-5-4-12(10-21)8-14(15)20/h4-5,8,13H,6-7,9,11H2,1-3H3,(H,23,24)/b22-16+. The van der Waals surface area contributed by atoms with E-state index in [1.54, 1.807) is 12.1 Å². The van der Waals surface area contributed by atoms with Crippen molar-refractivity contribution in [1.82, 2.24) is 5.43 Å². The van der Waals surface area contributed by atoms with Crippen LogP contribution in [0.2, 0.25) is 5.02 Å². The number of halogens is 1. The summed E-state index contributed by atoms with van der Waals surface area (Å²) in [5, 5.41) is 13.5. The summed E-state index contributed by atoms with van der Waals surface area (Å²) in [5.74, 6) is 0.690. The quantitative estimate of drug-likeness (QED) is 0.828. The third kappa shape index (κ3) is 3.00. The van der Waals surface area contributed by atoms with Crippen LogP contribution in [0.5, 0.6) is 5.75 Å². The minimum absolute atomic E-state index is 0.0578. The van der Waals surface area contributed by atoms with Crippen LogP contribution in [0.3, 0.4) is 0 Å². The van der Waals surface area contributed by atoms with Crippen LogP contribution < -0.4 is 10.2 Å².